The van der Waals surface area contributed by atoms with E-state index in [1.54, 1.807) is 0 Å². The molecule has 18 heavy (non-hydrogen) atoms. The normalized spacial score (nSPS) is 42.8. The van der Waals surface area contributed by atoms with E-state index in [0.717, 1.165) is 17.7 Å². The van der Waals surface area contributed by atoms with Crippen LogP contribution in [-0.4, -0.2) is 23.1 Å². The standard InChI is InChI=1S/C15H29ClOSe/c1-5-6-9-18(4,16)11-15-8-7-12(10-13(15)17)14(15,2)3/h12-13,17H,5-11H2,1-4H3/t12-,13-,15-/m1/s1. The first-order valence-electron chi connectivity index (χ1n) is 7.36. The number of rotatable bonds is 5. The van der Waals surface area contributed by atoms with E-state index >= 15 is 0 Å². The Morgan fingerprint density at radius 2 is 2.06 bits per heavy atom. The van der Waals surface area contributed by atoms with Gasteiger partial charge in [-0.3, -0.25) is 0 Å². The molecule has 2 aliphatic carbocycles. The zero-order chi connectivity index (χ0) is 13.6. The van der Waals surface area contributed by atoms with Gasteiger partial charge in [0.2, 0.25) is 0 Å². The number of aliphatic hydroxyl groups is 1. The number of aliphatic hydroxyl groups excluding tert-OH is 1. The first kappa shape index (κ1) is 15.2. The van der Waals surface area contributed by atoms with Gasteiger partial charge in [-0.15, -0.1) is 0 Å². The predicted octanol–water partition coefficient (Wildman–Crippen LogP) is 4.79. The van der Waals surface area contributed by atoms with Crippen molar-refractivity contribution in [3.05, 3.63) is 0 Å². The zero-order valence-electron chi connectivity index (χ0n) is 12.3. The first-order chi connectivity index (χ1) is 8.25. The minimum atomic E-state index is -1.87. The predicted molar refractivity (Wildman–Crippen MR) is 81.6 cm³/mol. The van der Waals surface area contributed by atoms with Crippen LogP contribution < -0.4 is 0 Å². The summed E-state index contributed by atoms with van der Waals surface area (Å²) >= 11 is -1.87. The molecule has 0 heterocycles. The van der Waals surface area contributed by atoms with Gasteiger partial charge < -0.3 is 0 Å². The summed E-state index contributed by atoms with van der Waals surface area (Å²) in [7, 11) is 6.92. The number of halogens is 1. The van der Waals surface area contributed by atoms with Crippen LogP contribution in [-0.2, 0) is 0 Å². The molecule has 108 valence electrons. The van der Waals surface area contributed by atoms with Crippen LogP contribution in [0, 0.1) is 16.7 Å². The Morgan fingerprint density at radius 1 is 1.39 bits per heavy atom. The monoisotopic (exact) mass is 340 g/mol. The Hall–Kier alpha value is 0.769. The zero-order valence-corrected chi connectivity index (χ0v) is 14.8. The van der Waals surface area contributed by atoms with Gasteiger partial charge in [-0.05, 0) is 0 Å². The Labute approximate surface area is 119 Å². The molecule has 0 aromatic heterocycles. The molecule has 2 rings (SSSR count). The second-order valence-corrected chi connectivity index (χ2v) is 17.4. The second-order valence-electron chi connectivity index (χ2n) is 7.22. The van der Waals surface area contributed by atoms with Gasteiger partial charge in [-0.25, -0.2) is 0 Å². The van der Waals surface area contributed by atoms with Crippen molar-refractivity contribution in [3.63, 3.8) is 0 Å². The van der Waals surface area contributed by atoms with Gasteiger partial charge >= 0.3 is 119 Å². The van der Waals surface area contributed by atoms with Crippen molar-refractivity contribution in [2.75, 3.05) is 0 Å². The Bertz CT molecular complexity index is 316. The van der Waals surface area contributed by atoms with Crippen molar-refractivity contribution in [3.8, 4) is 0 Å². The summed E-state index contributed by atoms with van der Waals surface area (Å²) in [5.74, 6) is 3.06. The molecule has 0 saturated heterocycles. The van der Waals surface area contributed by atoms with Crippen LogP contribution in [0.4, 0.5) is 0 Å². The maximum atomic E-state index is 10.6. The van der Waals surface area contributed by atoms with E-state index in [-0.39, 0.29) is 11.5 Å². The quantitative estimate of drug-likeness (QED) is 0.714. The third-order valence-corrected chi connectivity index (χ3v) is 12.0. The van der Waals surface area contributed by atoms with Crippen molar-refractivity contribution in [1.82, 2.24) is 0 Å². The van der Waals surface area contributed by atoms with E-state index in [1.807, 2.05) is 0 Å². The summed E-state index contributed by atoms with van der Waals surface area (Å²) in [6.45, 7) is 7.00. The van der Waals surface area contributed by atoms with Gasteiger partial charge in [-0.2, -0.15) is 0 Å². The molecule has 2 aliphatic rings. The van der Waals surface area contributed by atoms with Crippen LogP contribution in [0.15, 0.2) is 0 Å². The van der Waals surface area contributed by atoms with Crippen molar-refractivity contribution < 1.29 is 5.11 Å². The third kappa shape index (κ3) is 2.28. The van der Waals surface area contributed by atoms with E-state index < -0.39 is 11.9 Å². The van der Waals surface area contributed by atoms with Crippen molar-refractivity contribution in [2.24, 2.45) is 16.7 Å². The van der Waals surface area contributed by atoms with Crippen LogP contribution in [0.2, 0.25) is 16.5 Å². The van der Waals surface area contributed by atoms with E-state index in [0.29, 0.717) is 5.41 Å². The topological polar surface area (TPSA) is 20.2 Å². The molecule has 1 unspecified atom stereocenters. The molecule has 2 saturated carbocycles. The van der Waals surface area contributed by atoms with Gasteiger partial charge in [0.05, 0.1) is 0 Å². The Kier molecular flexibility index (Phi) is 4.17. The Morgan fingerprint density at radius 3 is 2.50 bits per heavy atom. The number of unbranched alkanes of at least 4 members (excludes halogenated alkanes) is 1. The summed E-state index contributed by atoms with van der Waals surface area (Å²) in [6, 6.07) is 0. The van der Waals surface area contributed by atoms with Crippen LogP contribution in [0.5, 0.6) is 0 Å². The van der Waals surface area contributed by atoms with E-state index in [4.69, 9.17) is 10.1 Å². The number of hydrogen-bond donors (Lipinski definition) is 1. The van der Waals surface area contributed by atoms with E-state index in [2.05, 4.69) is 26.6 Å². The molecular formula is C15H29ClOSe. The molecule has 0 aromatic rings. The van der Waals surface area contributed by atoms with Gasteiger partial charge in [0.15, 0.2) is 0 Å². The minimum absolute atomic E-state index is 0.0943. The fourth-order valence-corrected chi connectivity index (χ4v) is 11.9. The van der Waals surface area contributed by atoms with Crippen molar-refractivity contribution in [2.45, 2.75) is 75.4 Å². The molecular weight excluding hydrogens is 311 g/mol. The average Bonchev–Trinajstić information content (AvgIpc) is 2.59. The summed E-state index contributed by atoms with van der Waals surface area (Å²) in [5.41, 5.74) is 0.439. The van der Waals surface area contributed by atoms with Gasteiger partial charge in [0.1, 0.15) is 0 Å². The molecule has 1 N–H and O–H groups in total. The summed E-state index contributed by atoms with van der Waals surface area (Å²) < 4.78 is 0. The second kappa shape index (κ2) is 4.95. The van der Waals surface area contributed by atoms with Crippen LogP contribution in [0.3, 0.4) is 0 Å². The van der Waals surface area contributed by atoms with Crippen LogP contribution in [0.25, 0.3) is 0 Å². The van der Waals surface area contributed by atoms with Crippen LogP contribution in [0.1, 0.15) is 52.9 Å². The summed E-state index contributed by atoms with van der Waals surface area (Å²) in [4.78, 5) is 0. The fraction of sp³-hybridized carbons (Fsp3) is 1.00. The maximum absolute atomic E-state index is 10.6. The van der Waals surface area contributed by atoms with E-state index in [9.17, 15) is 5.11 Å². The van der Waals surface area contributed by atoms with Gasteiger partial charge in [-0.1, -0.05) is 0 Å². The Balaban J connectivity index is 2.16. The molecule has 2 bridgehead atoms. The van der Waals surface area contributed by atoms with Crippen LogP contribution >= 0.6 is 10.1 Å². The number of hydrogen-bond acceptors (Lipinski definition) is 1. The molecule has 0 aliphatic heterocycles. The SMILES string of the molecule is CCCC[Se](C)(Cl)C[C@]12CC[C@H](C[C@H]1O)C2(C)C. The van der Waals surface area contributed by atoms with Gasteiger partial charge in [0.25, 0.3) is 0 Å². The van der Waals surface area contributed by atoms with Gasteiger partial charge in [0, 0.05) is 0 Å². The number of fused-ring (bicyclic) bond motifs is 2. The van der Waals surface area contributed by atoms with Crippen molar-refractivity contribution >= 4 is 22.0 Å². The molecule has 0 spiro atoms. The van der Waals surface area contributed by atoms with Crippen molar-refractivity contribution in [1.29, 1.82) is 0 Å². The fourth-order valence-electron chi connectivity index (χ4n) is 4.43. The van der Waals surface area contributed by atoms with E-state index in [1.165, 1.54) is 31.0 Å². The molecule has 2 fully saturated rings. The molecule has 0 amide bonds. The average molecular weight is 340 g/mol. The third-order valence-electron chi connectivity index (χ3n) is 5.87. The summed E-state index contributed by atoms with van der Waals surface area (Å²) in [6.07, 6.45) is 5.94. The first-order valence-corrected chi connectivity index (χ1v) is 13.8. The molecule has 4 atom stereocenters. The summed E-state index contributed by atoms with van der Waals surface area (Å²) in [5, 5.41) is 12.9. The molecule has 0 aromatic carbocycles. The molecule has 0 radical (unpaired) electrons. The molecule has 3 heteroatoms. The molecule has 1 nitrogen and oxygen atoms in total.